The van der Waals surface area contributed by atoms with Gasteiger partial charge < -0.3 is 20.1 Å². The van der Waals surface area contributed by atoms with Crippen molar-refractivity contribution in [3.63, 3.8) is 0 Å². The molecule has 0 bridgehead atoms. The smallest absolute Gasteiger partial charge is 0.308 e. The van der Waals surface area contributed by atoms with Gasteiger partial charge in [-0.1, -0.05) is 23.7 Å². The van der Waals surface area contributed by atoms with Crippen LogP contribution in [0.2, 0.25) is 5.02 Å². The van der Waals surface area contributed by atoms with Gasteiger partial charge in [0.25, 0.3) is 11.8 Å². The Labute approximate surface area is 165 Å². The average Bonchev–Trinajstić information content (AvgIpc) is 2.68. The SMILES string of the molecule is COc1ccccc1C(=O)NCCC(=O)OCC(=O)Nc1ccc(Cl)cc1F. The number of esters is 1. The first kappa shape index (κ1) is 21.2. The number of anilines is 1. The second-order valence-corrected chi connectivity index (χ2v) is 5.98. The minimum Gasteiger partial charge on any atom is -0.496 e. The number of carbonyl (C=O) groups is 3. The summed E-state index contributed by atoms with van der Waals surface area (Å²) < 4.78 is 23.5. The number of methoxy groups -OCH3 is 1. The van der Waals surface area contributed by atoms with E-state index in [1.54, 1.807) is 24.3 Å². The van der Waals surface area contributed by atoms with Crippen LogP contribution in [-0.2, 0) is 14.3 Å². The number of benzene rings is 2. The van der Waals surface area contributed by atoms with Crippen LogP contribution < -0.4 is 15.4 Å². The maximum atomic E-state index is 13.6. The first-order valence-electron chi connectivity index (χ1n) is 8.22. The van der Waals surface area contributed by atoms with Gasteiger partial charge in [0, 0.05) is 11.6 Å². The van der Waals surface area contributed by atoms with E-state index in [0.29, 0.717) is 11.3 Å². The van der Waals surface area contributed by atoms with Gasteiger partial charge in [0.2, 0.25) is 0 Å². The van der Waals surface area contributed by atoms with Crippen LogP contribution in [0.4, 0.5) is 10.1 Å². The summed E-state index contributed by atoms with van der Waals surface area (Å²) in [7, 11) is 1.45. The van der Waals surface area contributed by atoms with E-state index in [1.165, 1.54) is 19.2 Å². The number of rotatable bonds is 8. The highest BCUT2D eigenvalue weighted by molar-refractivity contribution is 6.30. The lowest BCUT2D eigenvalue weighted by molar-refractivity contribution is -0.147. The van der Waals surface area contributed by atoms with Crippen LogP contribution in [0.5, 0.6) is 5.75 Å². The van der Waals surface area contributed by atoms with Crippen molar-refractivity contribution in [2.45, 2.75) is 6.42 Å². The van der Waals surface area contributed by atoms with Crippen molar-refractivity contribution in [1.82, 2.24) is 5.32 Å². The van der Waals surface area contributed by atoms with Crippen LogP contribution in [0.3, 0.4) is 0 Å². The Morgan fingerprint density at radius 2 is 1.89 bits per heavy atom. The van der Waals surface area contributed by atoms with Crippen molar-refractivity contribution < 1.29 is 28.2 Å². The Bertz CT molecular complexity index is 875. The third kappa shape index (κ3) is 6.24. The molecule has 2 aromatic rings. The summed E-state index contributed by atoms with van der Waals surface area (Å²) in [6, 6.07) is 10.4. The Balaban J connectivity index is 1.72. The Kier molecular flexibility index (Phi) is 7.76. The summed E-state index contributed by atoms with van der Waals surface area (Å²) in [5.74, 6) is -2.08. The van der Waals surface area contributed by atoms with Crippen LogP contribution in [0.1, 0.15) is 16.8 Å². The number of para-hydroxylation sites is 1. The van der Waals surface area contributed by atoms with Gasteiger partial charge in [0.15, 0.2) is 6.61 Å². The second kappa shape index (κ2) is 10.3. The summed E-state index contributed by atoms with van der Waals surface area (Å²) in [5.41, 5.74) is 0.261. The van der Waals surface area contributed by atoms with E-state index in [2.05, 4.69) is 10.6 Å². The maximum absolute atomic E-state index is 13.6. The first-order chi connectivity index (χ1) is 13.4. The van der Waals surface area contributed by atoms with Gasteiger partial charge in [-0.25, -0.2) is 4.39 Å². The third-order valence-electron chi connectivity index (χ3n) is 3.54. The van der Waals surface area contributed by atoms with E-state index in [4.69, 9.17) is 21.1 Å². The van der Waals surface area contributed by atoms with Crippen LogP contribution in [0.25, 0.3) is 0 Å². The third-order valence-corrected chi connectivity index (χ3v) is 3.77. The lowest BCUT2D eigenvalue weighted by atomic mass is 10.2. The molecule has 148 valence electrons. The molecule has 0 aromatic heterocycles. The molecule has 2 aromatic carbocycles. The predicted octanol–water partition coefficient (Wildman–Crippen LogP) is 2.79. The van der Waals surface area contributed by atoms with Gasteiger partial charge in [-0.15, -0.1) is 0 Å². The average molecular weight is 409 g/mol. The molecule has 0 heterocycles. The minimum absolute atomic E-state index is 0.0170. The van der Waals surface area contributed by atoms with E-state index in [1.807, 2.05) is 0 Å². The molecule has 2 rings (SSSR count). The molecular formula is C19H18ClFN2O5. The number of hydrogen-bond acceptors (Lipinski definition) is 5. The van der Waals surface area contributed by atoms with Gasteiger partial charge in [0.1, 0.15) is 11.6 Å². The summed E-state index contributed by atoms with van der Waals surface area (Å²) in [5, 5.41) is 5.02. The summed E-state index contributed by atoms with van der Waals surface area (Å²) in [6.07, 6.45) is -0.135. The van der Waals surface area contributed by atoms with Gasteiger partial charge in [-0.3, -0.25) is 14.4 Å². The Morgan fingerprint density at radius 3 is 2.61 bits per heavy atom. The zero-order valence-corrected chi connectivity index (χ0v) is 15.7. The van der Waals surface area contributed by atoms with E-state index in [0.717, 1.165) is 6.07 Å². The zero-order valence-electron chi connectivity index (χ0n) is 15.0. The fourth-order valence-electron chi connectivity index (χ4n) is 2.20. The standard InChI is InChI=1S/C19H18ClFN2O5/c1-27-16-5-3-2-4-13(16)19(26)22-9-8-18(25)28-11-17(24)23-15-7-6-12(20)10-14(15)21/h2-7,10H,8-9,11H2,1H3,(H,22,26)(H,23,24). The van der Waals surface area contributed by atoms with Crippen LogP contribution >= 0.6 is 11.6 Å². The predicted molar refractivity (Wildman–Crippen MR) is 101 cm³/mol. The molecule has 0 unspecified atom stereocenters. The van der Waals surface area contributed by atoms with Crippen molar-refractivity contribution in [2.24, 2.45) is 0 Å². The fraction of sp³-hybridized carbons (Fsp3) is 0.211. The van der Waals surface area contributed by atoms with Crippen LogP contribution in [0, 0.1) is 5.82 Å². The van der Waals surface area contributed by atoms with Gasteiger partial charge in [0.05, 0.1) is 24.8 Å². The molecule has 0 saturated heterocycles. The molecule has 9 heteroatoms. The molecule has 7 nitrogen and oxygen atoms in total. The van der Waals surface area contributed by atoms with Crippen molar-refractivity contribution in [3.05, 3.63) is 58.9 Å². The lowest BCUT2D eigenvalue weighted by Gasteiger charge is -2.09. The number of ether oxygens (including phenoxy) is 2. The van der Waals surface area contributed by atoms with Crippen LogP contribution in [-0.4, -0.2) is 38.0 Å². The number of carbonyl (C=O) groups excluding carboxylic acids is 3. The second-order valence-electron chi connectivity index (χ2n) is 5.54. The van der Waals surface area contributed by atoms with Gasteiger partial charge >= 0.3 is 5.97 Å². The number of halogens is 2. The van der Waals surface area contributed by atoms with Crippen molar-refractivity contribution in [1.29, 1.82) is 0 Å². The molecule has 2 amide bonds. The number of hydrogen-bond donors (Lipinski definition) is 2. The molecule has 0 saturated carbocycles. The zero-order chi connectivity index (χ0) is 20.5. The van der Waals surface area contributed by atoms with E-state index >= 15 is 0 Å². The van der Waals surface area contributed by atoms with E-state index < -0.39 is 30.2 Å². The lowest BCUT2D eigenvalue weighted by Crippen LogP contribution is -2.28. The maximum Gasteiger partial charge on any atom is 0.308 e. The summed E-state index contributed by atoms with van der Waals surface area (Å²) in [6.45, 7) is -0.565. The Morgan fingerprint density at radius 1 is 1.14 bits per heavy atom. The monoisotopic (exact) mass is 408 g/mol. The topological polar surface area (TPSA) is 93.7 Å². The highest BCUT2D eigenvalue weighted by atomic mass is 35.5. The summed E-state index contributed by atoms with van der Waals surface area (Å²) >= 11 is 5.62. The van der Waals surface area contributed by atoms with E-state index in [-0.39, 0.29) is 23.7 Å². The molecule has 28 heavy (non-hydrogen) atoms. The molecule has 0 aliphatic rings. The number of amides is 2. The first-order valence-corrected chi connectivity index (χ1v) is 8.60. The molecule has 0 atom stereocenters. The quantitative estimate of drug-likeness (QED) is 0.655. The minimum atomic E-state index is -0.703. The fourth-order valence-corrected chi connectivity index (χ4v) is 2.36. The van der Waals surface area contributed by atoms with Crippen molar-refractivity contribution >= 4 is 35.1 Å². The van der Waals surface area contributed by atoms with Crippen molar-refractivity contribution in [2.75, 3.05) is 25.6 Å². The number of nitrogens with one attached hydrogen (secondary N) is 2. The highest BCUT2D eigenvalue weighted by Gasteiger charge is 2.13. The van der Waals surface area contributed by atoms with E-state index in [9.17, 15) is 18.8 Å². The molecule has 0 aliphatic heterocycles. The molecule has 0 spiro atoms. The molecular weight excluding hydrogens is 391 g/mol. The highest BCUT2D eigenvalue weighted by Crippen LogP contribution is 2.19. The largest absolute Gasteiger partial charge is 0.496 e. The molecule has 2 N–H and O–H groups in total. The van der Waals surface area contributed by atoms with Gasteiger partial charge in [-0.05, 0) is 30.3 Å². The summed E-state index contributed by atoms with van der Waals surface area (Å²) in [4.78, 5) is 35.5. The molecule has 0 aliphatic carbocycles. The van der Waals surface area contributed by atoms with Crippen molar-refractivity contribution in [3.8, 4) is 5.75 Å². The molecule has 0 radical (unpaired) electrons. The van der Waals surface area contributed by atoms with Gasteiger partial charge in [-0.2, -0.15) is 0 Å². The van der Waals surface area contributed by atoms with Crippen LogP contribution in [0.15, 0.2) is 42.5 Å². The molecule has 0 fully saturated rings. The normalized spacial score (nSPS) is 10.1. The Hall–Kier alpha value is -3.13.